The number of carbonyl (C=O) groups is 2. The van der Waals surface area contributed by atoms with Crippen molar-refractivity contribution in [3.63, 3.8) is 0 Å². The van der Waals surface area contributed by atoms with Crippen LogP contribution in [-0.4, -0.2) is 46.9 Å². The fourth-order valence-electron chi connectivity index (χ4n) is 2.18. The molecule has 1 aromatic rings. The fraction of sp³-hybridized carbons (Fsp3) is 0.500. The number of piperidine rings is 1. The van der Waals surface area contributed by atoms with Crippen molar-refractivity contribution in [3.05, 3.63) is 34.9 Å². The van der Waals surface area contributed by atoms with Crippen LogP contribution in [0.25, 0.3) is 0 Å². The van der Waals surface area contributed by atoms with Crippen molar-refractivity contribution < 1.29 is 25.3 Å². The van der Waals surface area contributed by atoms with Crippen molar-refractivity contribution in [3.8, 4) is 0 Å². The number of nitrogens with one attached hydrogen (secondary N) is 1. The van der Waals surface area contributed by atoms with Crippen LogP contribution in [0.4, 0.5) is 4.79 Å². The van der Waals surface area contributed by atoms with Gasteiger partial charge in [0.1, 0.15) is 11.3 Å². The van der Waals surface area contributed by atoms with Gasteiger partial charge in [0.2, 0.25) is 0 Å². The van der Waals surface area contributed by atoms with Crippen molar-refractivity contribution in [2.75, 3.05) is 13.0 Å². The molecule has 6 nitrogen and oxygen atoms in total. The monoisotopic (exact) mass is 371 g/mol. The molecule has 7 heteroatoms. The van der Waals surface area contributed by atoms with Crippen LogP contribution in [-0.2, 0) is 9.53 Å². The van der Waals surface area contributed by atoms with Gasteiger partial charge < -0.3 is 14.9 Å². The number of carbonyl (C=O) groups excluding carboxylic acids is 2. The van der Waals surface area contributed by atoms with Gasteiger partial charge in [0.25, 0.3) is 5.91 Å². The first-order valence-electron chi connectivity index (χ1n) is 11.5. The summed E-state index contributed by atoms with van der Waals surface area (Å²) in [5, 5.41) is 0.327. The highest BCUT2D eigenvalue weighted by Crippen LogP contribution is 2.29. The highest BCUT2D eigenvalue weighted by atomic mass is 35.5. The Morgan fingerprint density at radius 1 is 1.44 bits per heavy atom. The summed E-state index contributed by atoms with van der Waals surface area (Å²) in [5.41, 5.74) is -4.47. The Hall–Kier alpha value is -2.08. The van der Waals surface area contributed by atoms with Gasteiger partial charge >= 0.3 is 6.09 Å². The topological polar surface area (TPSA) is 71.0 Å². The number of nitrogens with zero attached hydrogens (tertiary/aromatic N) is 2. The zero-order valence-electron chi connectivity index (χ0n) is 21.8. The Bertz CT molecular complexity index is 1030. The van der Waals surface area contributed by atoms with Gasteiger partial charge in [-0.25, -0.2) is 9.79 Å². The van der Waals surface area contributed by atoms with Crippen LogP contribution in [0, 0.1) is 0 Å². The van der Waals surface area contributed by atoms with Crippen LogP contribution in [0.15, 0.2) is 29.3 Å². The first-order chi connectivity index (χ1) is 14.8. The van der Waals surface area contributed by atoms with Gasteiger partial charge in [0.15, 0.2) is 7.07 Å². The van der Waals surface area contributed by atoms with Gasteiger partial charge in [-0.2, -0.15) is 0 Å². The summed E-state index contributed by atoms with van der Waals surface area (Å²) in [6, 6.07) is 5.60. The second-order valence-corrected chi connectivity index (χ2v) is 6.87. The lowest BCUT2D eigenvalue weighted by Gasteiger charge is -2.38. The smallest absolute Gasteiger partial charge is 0.410 e. The van der Waals surface area contributed by atoms with E-state index >= 15 is 0 Å². The maximum absolute atomic E-state index is 12.9. The molecule has 1 aromatic carbocycles. The number of benzene rings is 1. The average molecular weight is 372 g/mol. The van der Waals surface area contributed by atoms with E-state index in [9.17, 15) is 9.59 Å². The lowest BCUT2D eigenvalue weighted by Crippen LogP contribution is -2.56. The second-order valence-electron chi connectivity index (χ2n) is 6.44. The molecule has 3 rings (SSSR count). The number of hydrogen-bond donors (Lipinski definition) is 1. The zero-order chi connectivity index (χ0) is 25.4. The van der Waals surface area contributed by atoms with Gasteiger partial charge in [-0.1, -0.05) is 23.7 Å². The molecule has 1 spiro atoms. The highest BCUT2D eigenvalue weighted by Gasteiger charge is 2.44. The Morgan fingerprint density at radius 2 is 2.12 bits per heavy atom. The maximum atomic E-state index is 12.9. The van der Waals surface area contributed by atoms with Gasteiger partial charge in [0.05, 0.1) is 9.24 Å². The number of hydrogen-bond acceptors (Lipinski definition) is 4. The molecule has 2 unspecified atom stereocenters. The number of amides is 2. The molecular weight excluding hydrogens is 342 g/mol. The molecule has 0 bridgehead atoms. The van der Waals surface area contributed by atoms with Crippen molar-refractivity contribution >= 4 is 29.3 Å². The molecule has 2 aliphatic rings. The summed E-state index contributed by atoms with van der Waals surface area (Å²) in [7, 11) is 0. The van der Waals surface area contributed by atoms with Crippen LogP contribution in [0.3, 0.4) is 0 Å². The Labute approximate surface area is 163 Å². The molecule has 1 N–H and O–H groups in total. The third kappa shape index (κ3) is 3.95. The molecule has 2 heterocycles. The van der Waals surface area contributed by atoms with Crippen molar-refractivity contribution in [2.45, 2.75) is 44.8 Å². The van der Waals surface area contributed by atoms with Gasteiger partial charge in [0, 0.05) is 23.9 Å². The predicted molar refractivity (Wildman–Crippen MR) is 95.9 cm³/mol. The Balaban J connectivity index is 2.28. The van der Waals surface area contributed by atoms with Crippen molar-refractivity contribution in [1.29, 1.82) is 0 Å². The van der Waals surface area contributed by atoms with Crippen molar-refractivity contribution in [2.24, 2.45) is 4.99 Å². The van der Waals surface area contributed by atoms with E-state index in [0.717, 1.165) is 0 Å². The van der Waals surface area contributed by atoms with Crippen molar-refractivity contribution in [1.82, 2.24) is 10.2 Å². The molecule has 2 atom stereocenters. The van der Waals surface area contributed by atoms with E-state index in [1.165, 1.54) is 45.0 Å². The number of ether oxygens (including phenoxy) is 1. The summed E-state index contributed by atoms with van der Waals surface area (Å²) in [4.78, 5) is 29.7. The fourth-order valence-corrected chi connectivity index (χ4v) is 2.31. The van der Waals surface area contributed by atoms with Crippen LogP contribution in [0.2, 0.25) is 6.43 Å². The first kappa shape index (κ1) is 10.2. The standard InChI is InChI=1S/C18H22ClN3O3/c1-17(2,3)25-16(24)22-10-4-9-18(11-22)20-14(15(23)21-18)12-5-7-13(19)8-6-12/h5-8H,4,9-11H2,1-3H3,(H,21,23)/i4D2,9D,10D2,11D2/hD. The Kier molecular flexibility index (Phi) is 2.57. The molecule has 1 fully saturated rings. The average Bonchev–Trinajstić information content (AvgIpc) is 2.91. The molecule has 0 radical (unpaired) electrons. The zero-order valence-corrected chi connectivity index (χ0v) is 14.6. The van der Waals surface area contributed by atoms with E-state index in [1.807, 2.05) is 0 Å². The molecule has 2 amide bonds. The van der Waals surface area contributed by atoms with E-state index in [4.69, 9.17) is 27.3 Å². The van der Waals surface area contributed by atoms with E-state index in [1.54, 1.807) is 0 Å². The number of halogens is 1. The first-order valence-corrected chi connectivity index (χ1v) is 7.85. The molecule has 134 valence electrons. The minimum absolute atomic E-state index is 0.000947. The van der Waals surface area contributed by atoms with Crippen LogP contribution >= 0.6 is 11.6 Å². The van der Waals surface area contributed by atoms with Crippen LogP contribution in [0.5, 0.6) is 0 Å². The summed E-state index contributed by atoms with van der Waals surface area (Å²) in [5.74, 6) is -1.15. The third-order valence-electron chi connectivity index (χ3n) is 3.18. The van der Waals surface area contributed by atoms with Gasteiger partial charge in [-0.3, -0.25) is 4.79 Å². The van der Waals surface area contributed by atoms with Crippen LogP contribution < -0.4 is 5.31 Å². The van der Waals surface area contributed by atoms with E-state index in [0.29, 0.717) is 5.02 Å². The molecular formula is C18H22ClN3O3. The number of rotatable bonds is 1. The molecule has 0 saturated carbocycles. The van der Waals surface area contributed by atoms with Crippen LogP contribution in [0.1, 0.15) is 48.7 Å². The lowest BCUT2D eigenvalue weighted by molar-refractivity contribution is -0.115. The van der Waals surface area contributed by atoms with E-state index in [2.05, 4.69) is 4.99 Å². The largest absolute Gasteiger partial charge is 0.444 e. The second kappa shape index (κ2) is 6.33. The Morgan fingerprint density at radius 3 is 2.76 bits per heavy atom. The molecule has 25 heavy (non-hydrogen) atoms. The SMILES string of the molecule is [2H]C1C([2H])([2H])C([2H])([2H])N(C(=O)OC(C)(C)C)C([2H])([2H])C12N=C(c1ccc(Cl)cc1)C(=O)N2[2H]. The minimum atomic E-state index is -3.39. The normalized spacial score (nSPS) is 37.5. The van der Waals surface area contributed by atoms with Gasteiger partial charge in [-0.05, 0) is 45.7 Å². The highest BCUT2D eigenvalue weighted by molar-refractivity contribution is 6.47. The van der Waals surface area contributed by atoms with E-state index in [-0.39, 0.29) is 15.8 Å². The number of aliphatic imine (C=N–C) groups is 1. The molecule has 0 aliphatic carbocycles. The summed E-state index contributed by atoms with van der Waals surface area (Å²) < 4.78 is 72.3. The lowest BCUT2D eigenvalue weighted by atomic mass is 10.00. The van der Waals surface area contributed by atoms with E-state index < -0.39 is 54.7 Å². The van der Waals surface area contributed by atoms with Gasteiger partial charge in [-0.15, -0.1) is 0 Å². The summed E-state index contributed by atoms with van der Waals surface area (Å²) in [6.45, 7) is -2.40. The predicted octanol–water partition coefficient (Wildman–Crippen LogP) is 2.99. The summed E-state index contributed by atoms with van der Waals surface area (Å²) in [6.07, 6.45) is -7.27. The maximum Gasteiger partial charge on any atom is 0.410 e. The number of likely N-dealkylation sites (tertiary alicyclic amines) is 1. The minimum Gasteiger partial charge on any atom is -0.444 e. The molecule has 2 aliphatic heterocycles. The molecule has 1 saturated heterocycles. The molecule has 0 aromatic heterocycles. The quantitative estimate of drug-likeness (QED) is 0.824. The summed E-state index contributed by atoms with van der Waals surface area (Å²) >= 11 is 5.86. The third-order valence-corrected chi connectivity index (χ3v) is 3.43.